The van der Waals surface area contributed by atoms with Crippen LogP contribution in [0.25, 0.3) is 33.4 Å². The number of hydrogen-bond acceptors (Lipinski definition) is 7. The Morgan fingerprint density at radius 1 is 0.554 bits per heavy atom. The van der Waals surface area contributed by atoms with Crippen LogP contribution in [-0.4, -0.2) is 74.7 Å². The number of aromatic carboxylic acids is 1. The van der Waals surface area contributed by atoms with Crippen LogP contribution in [-0.2, 0) is 9.47 Å². The van der Waals surface area contributed by atoms with Crippen molar-refractivity contribution in [3.63, 3.8) is 0 Å². The Labute approximate surface area is 502 Å². The third-order valence-electron chi connectivity index (χ3n) is 18.0. The molecular formula is C72H113N4O7+. The van der Waals surface area contributed by atoms with E-state index in [9.17, 15) is 19.5 Å². The third kappa shape index (κ3) is 24.8. The fourth-order valence-electron chi connectivity index (χ4n) is 13.1. The van der Waals surface area contributed by atoms with Crippen molar-refractivity contribution in [1.82, 2.24) is 15.2 Å². The van der Waals surface area contributed by atoms with Crippen LogP contribution in [0.15, 0.2) is 65.1 Å². The van der Waals surface area contributed by atoms with Crippen molar-refractivity contribution < 1.29 is 33.4 Å². The molecule has 6 rings (SSSR count). The van der Waals surface area contributed by atoms with Crippen molar-refractivity contribution in [2.24, 2.45) is 0 Å². The zero-order valence-corrected chi connectivity index (χ0v) is 52.2. The Kier molecular flexibility index (Phi) is 33.2. The maximum Gasteiger partial charge on any atom is 0.407 e. The quantitative estimate of drug-likeness (QED) is 0.0227. The van der Waals surface area contributed by atoms with Gasteiger partial charge in [-0.15, -0.1) is 0 Å². The highest BCUT2D eigenvalue weighted by Crippen LogP contribution is 2.43. The number of piperidine rings is 2. The van der Waals surface area contributed by atoms with Gasteiger partial charge in [-0.25, -0.2) is 19.0 Å². The molecule has 3 aliphatic heterocycles. The van der Waals surface area contributed by atoms with Gasteiger partial charge in [-0.1, -0.05) is 225 Å². The molecule has 462 valence electrons. The Bertz CT molecular complexity index is 2470. The molecule has 4 aliphatic rings. The second-order valence-electron chi connectivity index (χ2n) is 24.7. The molecule has 0 radical (unpaired) electrons. The van der Waals surface area contributed by atoms with E-state index in [1.54, 1.807) is 12.1 Å². The van der Waals surface area contributed by atoms with Gasteiger partial charge in [0.25, 0.3) is 0 Å². The fourth-order valence-corrected chi connectivity index (χ4v) is 13.1. The molecule has 0 spiro atoms. The second-order valence-corrected chi connectivity index (χ2v) is 24.7. The maximum atomic E-state index is 12.8. The van der Waals surface area contributed by atoms with E-state index in [0.29, 0.717) is 43.2 Å². The molecule has 2 amide bonds. The highest BCUT2D eigenvalue weighted by atomic mass is 16.6. The minimum atomic E-state index is -0.976. The minimum Gasteiger partial charge on any atom is -0.478 e. The van der Waals surface area contributed by atoms with Crippen LogP contribution in [0.4, 0.5) is 15.3 Å². The van der Waals surface area contributed by atoms with Crippen LogP contribution in [0, 0.1) is 0 Å². The van der Waals surface area contributed by atoms with Gasteiger partial charge in [-0.05, 0) is 68.4 Å². The number of rotatable bonds is 43. The number of nitrogens with zero attached hydrogens (tertiary/aromatic N) is 2. The molecule has 3 N–H and O–H groups in total. The lowest BCUT2D eigenvalue weighted by atomic mass is 9.90. The average molecular weight is 1150 g/mol. The van der Waals surface area contributed by atoms with Crippen molar-refractivity contribution in [1.29, 1.82) is 0 Å². The first-order valence-corrected chi connectivity index (χ1v) is 34.4. The van der Waals surface area contributed by atoms with Gasteiger partial charge in [-0.3, -0.25) is 0 Å². The Morgan fingerprint density at radius 2 is 1.06 bits per heavy atom. The first-order valence-electron chi connectivity index (χ1n) is 34.4. The summed E-state index contributed by atoms with van der Waals surface area (Å²) in [5.41, 5.74) is 4.29. The van der Waals surface area contributed by atoms with Crippen molar-refractivity contribution in [2.75, 3.05) is 44.3 Å². The molecule has 11 nitrogen and oxygen atoms in total. The van der Waals surface area contributed by atoms with E-state index in [0.717, 1.165) is 118 Å². The number of ether oxygens (including phenoxy) is 2. The SMILES string of the molecule is CCCCCCCCCCCCCCCCCCNC(=O)OCCC1CCCCN1c1ccc2c(-c3ccccc3C(=O)O)c3ccc(=[N+]4CCCCC4CCOC(=O)NCCCCCCCCCCCCCCCCCC)cc-3oc2c1. The van der Waals surface area contributed by atoms with E-state index in [4.69, 9.17) is 13.9 Å². The lowest BCUT2D eigenvalue weighted by Crippen LogP contribution is -2.43. The van der Waals surface area contributed by atoms with E-state index in [-0.39, 0.29) is 29.8 Å². The number of alkyl carbamates (subject to hydrolysis) is 2. The van der Waals surface area contributed by atoms with E-state index in [1.807, 2.05) is 12.1 Å². The number of anilines is 1. The molecule has 2 atom stereocenters. The summed E-state index contributed by atoms with van der Waals surface area (Å²) in [6.07, 6.45) is 49.6. The van der Waals surface area contributed by atoms with Gasteiger partial charge < -0.3 is 34.5 Å². The van der Waals surface area contributed by atoms with Gasteiger partial charge in [0.2, 0.25) is 5.36 Å². The van der Waals surface area contributed by atoms with Crippen LogP contribution in [0.2, 0.25) is 0 Å². The maximum absolute atomic E-state index is 12.8. The van der Waals surface area contributed by atoms with Crippen molar-refractivity contribution >= 4 is 34.8 Å². The van der Waals surface area contributed by atoms with Crippen LogP contribution in [0.1, 0.15) is 281 Å². The van der Waals surface area contributed by atoms with Crippen LogP contribution in [0.5, 0.6) is 0 Å². The number of hydrogen-bond donors (Lipinski definition) is 3. The van der Waals surface area contributed by atoms with Crippen molar-refractivity contribution in [2.45, 2.75) is 283 Å². The second kappa shape index (κ2) is 41.1. The number of carboxylic acid groups (broad SMARTS) is 1. The van der Waals surface area contributed by atoms with E-state index >= 15 is 0 Å². The monoisotopic (exact) mass is 1150 g/mol. The molecule has 1 aliphatic carbocycles. The Hall–Kier alpha value is -5.06. The van der Waals surface area contributed by atoms with Gasteiger partial charge in [0.15, 0.2) is 6.04 Å². The molecule has 2 unspecified atom stereocenters. The smallest absolute Gasteiger partial charge is 0.407 e. The Balaban J connectivity index is 0.974. The standard InChI is InChI=1S/C72H112N4O7/c1-3-5-7-9-11-13-15-17-19-21-23-25-27-29-31-37-51-73-71(79)81-55-49-59-41-35-39-53-75(59)61-45-47-65-67(57-61)83-68-58-62(46-48-66(68)69(65)63-43-33-34-44-64(63)70(77)78)76-54-40-36-42-60(76)50-56-82-72(80)74-52-38-32-30-28-26-24-22-20-18-16-14-12-10-8-6-4-2/h33-34,43-48,57-60H,3-32,35-42,49-56H2,1-2H3,(H2-,73,74,77,78,79,80)/p+1. The highest BCUT2D eigenvalue weighted by molar-refractivity contribution is 6.07. The Morgan fingerprint density at radius 3 is 1.60 bits per heavy atom. The zero-order chi connectivity index (χ0) is 58.4. The summed E-state index contributed by atoms with van der Waals surface area (Å²) in [5.74, 6) is -0.291. The van der Waals surface area contributed by atoms with Crippen LogP contribution in [0.3, 0.4) is 0 Å². The van der Waals surface area contributed by atoms with Gasteiger partial charge in [0.05, 0.1) is 24.8 Å². The molecule has 2 fully saturated rings. The number of benzene rings is 3. The molecule has 0 aromatic heterocycles. The number of carbonyl (C=O) groups is 3. The summed E-state index contributed by atoms with van der Waals surface area (Å²) in [5, 5.41) is 18.3. The number of carboxylic acids is 1. The largest absolute Gasteiger partial charge is 0.478 e. The summed E-state index contributed by atoms with van der Waals surface area (Å²) < 4.78 is 20.9. The molecule has 2 aromatic carbocycles. The molecule has 11 heteroatoms. The number of unbranched alkanes of at least 4 members (excludes halogenated alkanes) is 30. The first-order chi connectivity index (χ1) is 40.9. The van der Waals surface area contributed by atoms with Crippen molar-refractivity contribution in [3.8, 4) is 22.5 Å². The van der Waals surface area contributed by atoms with Crippen molar-refractivity contribution in [3.05, 3.63) is 71.6 Å². The molecule has 0 saturated carbocycles. The summed E-state index contributed by atoms with van der Waals surface area (Å²) >= 11 is 0. The van der Waals surface area contributed by atoms with E-state index in [1.165, 1.54) is 180 Å². The van der Waals surface area contributed by atoms with E-state index in [2.05, 4.69) is 70.4 Å². The van der Waals surface area contributed by atoms with Crippen LogP contribution >= 0.6 is 0 Å². The number of amides is 2. The van der Waals surface area contributed by atoms with Crippen LogP contribution < -0.4 is 25.5 Å². The third-order valence-corrected chi connectivity index (χ3v) is 18.0. The van der Waals surface area contributed by atoms with Gasteiger partial charge in [0, 0.05) is 85.7 Å². The fraction of sp³-hybridized carbons (Fsp3) is 0.694. The van der Waals surface area contributed by atoms with E-state index < -0.39 is 5.97 Å². The summed E-state index contributed by atoms with van der Waals surface area (Å²) in [4.78, 5) is 40.7. The average Bonchev–Trinajstić information content (AvgIpc) is 3.39. The minimum absolute atomic E-state index is 0.198. The number of nitrogens with one attached hydrogen (secondary N) is 2. The predicted octanol–water partition coefficient (Wildman–Crippen LogP) is 19.3. The number of carbonyl (C=O) groups excluding carboxylic acids is 2. The highest BCUT2D eigenvalue weighted by Gasteiger charge is 2.29. The first kappa shape index (κ1) is 67.1. The summed E-state index contributed by atoms with van der Waals surface area (Å²) in [7, 11) is 0. The lowest BCUT2D eigenvalue weighted by molar-refractivity contribution is 0.0697. The molecule has 0 bridgehead atoms. The molecule has 83 heavy (non-hydrogen) atoms. The predicted molar refractivity (Wildman–Crippen MR) is 345 cm³/mol. The lowest BCUT2D eigenvalue weighted by Gasteiger charge is -2.37. The van der Waals surface area contributed by atoms with Gasteiger partial charge in [-0.2, -0.15) is 0 Å². The molecular weight excluding hydrogens is 1030 g/mol. The number of fused-ring (bicyclic) bond motifs is 2. The normalized spacial score (nSPS) is 16.1. The summed E-state index contributed by atoms with van der Waals surface area (Å²) in [6.45, 7) is 8.33. The summed E-state index contributed by atoms with van der Waals surface area (Å²) in [6, 6.07) is 20.3. The van der Waals surface area contributed by atoms with Gasteiger partial charge in [0.1, 0.15) is 17.9 Å². The zero-order valence-electron chi connectivity index (χ0n) is 52.2. The topological polar surface area (TPSA) is 133 Å². The molecule has 3 heterocycles. The molecule has 2 saturated heterocycles. The molecule has 2 aromatic rings. The van der Waals surface area contributed by atoms with Gasteiger partial charge >= 0.3 is 18.2 Å².